The Balaban J connectivity index is 2.51. The summed E-state index contributed by atoms with van der Waals surface area (Å²) in [4.78, 5) is 13.8. The van der Waals surface area contributed by atoms with Crippen LogP contribution in [0.5, 0.6) is 0 Å². The smallest absolute Gasteiger partial charge is 0.410 e. The zero-order chi connectivity index (χ0) is 13.0. The van der Waals surface area contributed by atoms with Crippen molar-refractivity contribution in [3.63, 3.8) is 0 Å². The van der Waals surface area contributed by atoms with Gasteiger partial charge in [0, 0.05) is 25.2 Å². The molecule has 1 N–H and O–H groups in total. The number of carbonyl (C=O) groups excluding carboxylic acids is 1. The van der Waals surface area contributed by atoms with Crippen LogP contribution >= 0.6 is 0 Å². The van der Waals surface area contributed by atoms with E-state index in [1.54, 1.807) is 0 Å². The predicted molar refractivity (Wildman–Crippen MR) is 69.0 cm³/mol. The predicted octanol–water partition coefficient (Wildman–Crippen LogP) is 2.10. The molecule has 1 amide bonds. The summed E-state index contributed by atoms with van der Waals surface area (Å²) in [5.41, 5.74) is 0. The Labute approximate surface area is 105 Å². The highest BCUT2D eigenvalue weighted by atomic mass is 16.6. The summed E-state index contributed by atoms with van der Waals surface area (Å²) in [6, 6.07) is 0.586. The maximum absolute atomic E-state index is 12.0. The molecule has 1 fully saturated rings. The van der Waals surface area contributed by atoms with Gasteiger partial charge in [-0.2, -0.15) is 0 Å². The fourth-order valence-electron chi connectivity index (χ4n) is 1.91. The number of carbonyl (C=O) groups is 1. The largest absolute Gasteiger partial charge is 0.449 e. The summed E-state index contributed by atoms with van der Waals surface area (Å²) in [5, 5.41) is 3.47. The van der Waals surface area contributed by atoms with Gasteiger partial charge in [-0.15, -0.1) is 0 Å². The lowest BCUT2D eigenvalue weighted by Crippen LogP contribution is -2.58. The van der Waals surface area contributed by atoms with Gasteiger partial charge < -0.3 is 15.0 Å². The molecule has 4 heteroatoms. The fraction of sp³-hybridized carbons (Fsp3) is 0.923. The number of rotatable bonds is 3. The monoisotopic (exact) mass is 242 g/mol. The molecule has 0 bridgehead atoms. The number of hydrogen-bond acceptors (Lipinski definition) is 3. The molecular weight excluding hydrogens is 216 g/mol. The third-order valence-electron chi connectivity index (χ3n) is 3.18. The molecule has 0 aliphatic carbocycles. The standard InChI is InChI=1S/C13H26N2O2/c1-9(2)8-17-13(16)15-7-12(10(3)4)14-6-11(15)5/h9-12,14H,6-8H2,1-5H3. The Kier molecular flexibility index (Phi) is 5.25. The van der Waals surface area contributed by atoms with Crippen molar-refractivity contribution < 1.29 is 9.53 Å². The average molecular weight is 242 g/mol. The van der Waals surface area contributed by atoms with E-state index in [0.29, 0.717) is 24.5 Å². The fourth-order valence-corrected chi connectivity index (χ4v) is 1.91. The third-order valence-corrected chi connectivity index (χ3v) is 3.18. The molecule has 4 nitrogen and oxygen atoms in total. The summed E-state index contributed by atoms with van der Waals surface area (Å²) in [6.07, 6.45) is -0.168. The molecule has 0 aromatic carbocycles. The van der Waals surface area contributed by atoms with E-state index in [0.717, 1.165) is 13.1 Å². The molecule has 0 spiro atoms. The lowest BCUT2D eigenvalue weighted by atomic mass is 10.0. The first-order valence-electron chi connectivity index (χ1n) is 6.58. The van der Waals surface area contributed by atoms with Crippen LogP contribution in [0.1, 0.15) is 34.6 Å². The lowest BCUT2D eigenvalue weighted by Gasteiger charge is -2.39. The first-order valence-corrected chi connectivity index (χ1v) is 6.58. The maximum atomic E-state index is 12.0. The third kappa shape index (κ3) is 4.19. The highest BCUT2D eigenvalue weighted by Gasteiger charge is 2.30. The van der Waals surface area contributed by atoms with Crippen molar-refractivity contribution >= 4 is 6.09 Å². The molecular formula is C13H26N2O2. The molecule has 17 heavy (non-hydrogen) atoms. The zero-order valence-corrected chi connectivity index (χ0v) is 11.7. The molecule has 1 saturated heterocycles. The van der Waals surface area contributed by atoms with Crippen molar-refractivity contribution in [2.45, 2.75) is 46.7 Å². The first kappa shape index (κ1) is 14.3. The molecule has 1 rings (SSSR count). The van der Waals surface area contributed by atoms with Gasteiger partial charge in [-0.25, -0.2) is 4.79 Å². The quantitative estimate of drug-likeness (QED) is 0.824. The van der Waals surface area contributed by atoms with Crippen LogP contribution in [0.4, 0.5) is 4.79 Å². The number of nitrogens with one attached hydrogen (secondary N) is 1. The minimum absolute atomic E-state index is 0.168. The summed E-state index contributed by atoms with van der Waals surface area (Å²) in [5.74, 6) is 0.918. The average Bonchev–Trinajstić information content (AvgIpc) is 2.26. The summed E-state index contributed by atoms with van der Waals surface area (Å²) >= 11 is 0. The summed E-state index contributed by atoms with van der Waals surface area (Å²) in [7, 11) is 0. The number of ether oxygens (including phenoxy) is 1. The summed E-state index contributed by atoms with van der Waals surface area (Å²) < 4.78 is 5.30. The van der Waals surface area contributed by atoms with E-state index in [9.17, 15) is 4.79 Å². The van der Waals surface area contributed by atoms with Crippen LogP contribution in [0, 0.1) is 11.8 Å². The molecule has 1 aliphatic heterocycles. The minimum atomic E-state index is -0.168. The number of hydrogen-bond donors (Lipinski definition) is 1. The van der Waals surface area contributed by atoms with Crippen LogP contribution in [-0.4, -0.2) is 42.8 Å². The van der Waals surface area contributed by atoms with Gasteiger partial charge in [0.05, 0.1) is 6.61 Å². The summed E-state index contributed by atoms with van der Waals surface area (Å²) in [6.45, 7) is 12.6. The Hall–Kier alpha value is -0.770. The lowest BCUT2D eigenvalue weighted by molar-refractivity contribution is 0.0598. The van der Waals surface area contributed by atoms with Crippen LogP contribution < -0.4 is 5.32 Å². The second-order valence-corrected chi connectivity index (χ2v) is 5.73. The Morgan fingerprint density at radius 1 is 1.41 bits per heavy atom. The second-order valence-electron chi connectivity index (χ2n) is 5.73. The van der Waals surface area contributed by atoms with Crippen molar-refractivity contribution in [1.29, 1.82) is 0 Å². The van der Waals surface area contributed by atoms with Gasteiger partial charge in [0.25, 0.3) is 0 Å². The normalized spacial score (nSPS) is 25.5. The molecule has 1 aliphatic rings. The van der Waals surface area contributed by atoms with E-state index in [2.05, 4.69) is 26.1 Å². The number of piperazine rings is 1. The van der Waals surface area contributed by atoms with E-state index >= 15 is 0 Å². The molecule has 0 aromatic rings. The topological polar surface area (TPSA) is 41.6 Å². The SMILES string of the molecule is CC(C)COC(=O)N1CC(C(C)C)NCC1C. The van der Waals surface area contributed by atoms with E-state index in [-0.39, 0.29) is 12.1 Å². The maximum Gasteiger partial charge on any atom is 0.410 e. The van der Waals surface area contributed by atoms with Crippen LogP contribution in [-0.2, 0) is 4.74 Å². The highest BCUT2D eigenvalue weighted by Crippen LogP contribution is 2.14. The van der Waals surface area contributed by atoms with E-state index in [4.69, 9.17) is 4.74 Å². The van der Waals surface area contributed by atoms with Crippen LogP contribution in [0.15, 0.2) is 0 Å². The van der Waals surface area contributed by atoms with Crippen LogP contribution in [0.3, 0.4) is 0 Å². The van der Waals surface area contributed by atoms with E-state index in [1.165, 1.54) is 0 Å². The highest BCUT2D eigenvalue weighted by molar-refractivity contribution is 5.68. The Morgan fingerprint density at radius 2 is 2.06 bits per heavy atom. The van der Waals surface area contributed by atoms with Crippen molar-refractivity contribution in [3.05, 3.63) is 0 Å². The van der Waals surface area contributed by atoms with Gasteiger partial charge in [-0.1, -0.05) is 27.7 Å². The van der Waals surface area contributed by atoms with Crippen molar-refractivity contribution in [2.75, 3.05) is 19.7 Å². The molecule has 1 heterocycles. The van der Waals surface area contributed by atoms with Crippen LogP contribution in [0.2, 0.25) is 0 Å². The molecule has 2 unspecified atom stereocenters. The van der Waals surface area contributed by atoms with E-state index in [1.807, 2.05) is 18.7 Å². The van der Waals surface area contributed by atoms with Crippen molar-refractivity contribution in [2.24, 2.45) is 11.8 Å². The second kappa shape index (κ2) is 6.24. The van der Waals surface area contributed by atoms with Gasteiger partial charge in [-0.05, 0) is 18.8 Å². The Morgan fingerprint density at radius 3 is 2.59 bits per heavy atom. The van der Waals surface area contributed by atoms with Crippen molar-refractivity contribution in [3.8, 4) is 0 Å². The minimum Gasteiger partial charge on any atom is -0.449 e. The Bertz CT molecular complexity index is 254. The molecule has 0 radical (unpaired) electrons. The van der Waals surface area contributed by atoms with Gasteiger partial charge in [0.1, 0.15) is 0 Å². The van der Waals surface area contributed by atoms with E-state index < -0.39 is 0 Å². The molecule has 100 valence electrons. The van der Waals surface area contributed by atoms with Gasteiger partial charge in [-0.3, -0.25) is 0 Å². The number of nitrogens with zero attached hydrogens (tertiary/aromatic N) is 1. The molecule has 2 atom stereocenters. The number of amides is 1. The van der Waals surface area contributed by atoms with Gasteiger partial charge in [0.15, 0.2) is 0 Å². The molecule has 0 saturated carbocycles. The van der Waals surface area contributed by atoms with Gasteiger partial charge in [0.2, 0.25) is 0 Å². The first-order chi connectivity index (χ1) is 7.91. The van der Waals surface area contributed by atoms with Gasteiger partial charge >= 0.3 is 6.09 Å². The zero-order valence-electron chi connectivity index (χ0n) is 11.7. The van der Waals surface area contributed by atoms with Crippen molar-refractivity contribution in [1.82, 2.24) is 10.2 Å². The van der Waals surface area contributed by atoms with Crippen LogP contribution in [0.25, 0.3) is 0 Å². The molecule has 0 aromatic heterocycles.